The number of halogens is 3. The summed E-state index contributed by atoms with van der Waals surface area (Å²) in [6, 6.07) is 10.6. The lowest BCUT2D eigenvalue weighted by Crippen LogP contribution is -2.30. The minimum atomic E-state index is -0.195. The van der Waals surface area contributed by atoms with Crippen molar-refractivity contribution >= 4 is 46.4 Å². The van der Waals surface area contributed by atoms with Crippen LogP contribution in [-0.2, 0) is 11.3 Å². The van der Waals surface area contributed by atoms with E-state index in [1.807, 2.05) is 24.1 Å². The summed E-state index contributed by atoms with van der Waals surface area (Å²) in [5.41, 5.74) is 2.07. The molecule has 0 saturated carbocycles. The number of hydrogen-bond acceptors (Lipinski definition) is 4. The van der Waals surface area contributed by atoms with Crippen LogP contribution in [0.3, 0.4) is 0 Å². The molecule has 3 aromatic rings. The molecule has 1 heterocycles. The predicted octanol–water partition coefficient (Wildman–Crippen LogP) is 4.30. The van der Waals surface area contributed by atoms with Gasteiger partial charge in [-0.15, -0.1) is 0 Å². The van der Waals surface area contributed by atoms with E-state index in [1.165, 1.54) is 6.33 Å². The molecule has 1 amide bonds. The first-order valence-corrected chi connectivity index (χ1v) is 9.13. The van der Waals surface area contributed by atoms with Crippen molar-refractivity contribution in [3.05, 3.63) is 69.7 Å². The van der Waals surface area contributed by atoms with Gasteiger partial charge in [0.15, 0.2) is 0 Å². The highest BCUT2D eigenvalue weighted by Crippen LogP contribution is 2.26. The molecule has 0 aliphatic rings. The maximum atomic E-state index is 12.5. The lowest BCUT2D eigenvalue weighted by molar-refractivity contribution is -0.117. The molecule has 2 aromatic carbocycles. The van der Waals surface area contributed by atoms with E-state index < -0.39 is 0 Å². The predicted molar refractivity (Wildman–Crippen MR) is 108 cm³/mol. The summed E-state index contributed by atoms with van der Waals surface area (Å²) in [6.07, 6.45) is 2.97. The molecule has 1 N–H and O–H groups in total. The van der Waals surface area contributed by atoms with Crippen LogP contribution < -0.4 is 5.32 Å². The van der Waals surface area contributed by atoms with E-state index in [9.17, 15) is 4.79 Å². The molecule has 0 atom stereocenters. The summed E-state index contributed by atoms with van der Waals surface area (Å²) < 4.78 is 1.56. The van der Waals surface area contributed by atoms with Crippen molar-refractivity contribution in [2.75, 3.05) is 18.9 Å². The van der Waals surface area contributed by atoms with Crippen LogP contribution in [0.15, 0.2) is 49.1 Å². The SMILES string of the molecule is CN(CC(=O)Nc1cc(Cl)ccc1-n1cncn1)Cc1cccc(Cl)c1Cl. The number of amides is 1. The van der Waals surface area contributed by atoms with Gasteiger partial charge in [-0.3, -0.25) is 9.69 Å². The molecule has 3 rings (SSSR count). The van der Waals surface area contributed by atoms with Crippen molar-refractivity contribution in [1.29, 1.82) is 0 Å². The van der Waals surface area contributed by atoms with Gasteiger partial charge in [-0.25, -0.2) is 9.67 Å². The number of hydrogen-bond donors (Lipinski definition) is 1. The number of rotatable bonds is 6. The fourth-order valence-corrected chi connectivity index (χ4v) is 3.14. The molecule has 0 saturated heterocycles. The summed E-state index contributed by atoms with van der Waals surface area (Å²) in [5, 5.41) is 8.45. The van der Waals surface area contributed by atoms with Gasteiger partial charge in [0.25, 0.3) is 0 Å². The minimum absolute atomic E-state index is 0.159. The normalized spacial score (nSPS) is 11.0. The Morgan fingerprint density at radius 1 is 1.22 bits per heavy atom. The summed E-state index contributed by atoms with van der Waals surface area (Å²) >= 11 is 18.3. The van der Waals surface area contributed by atoms with Gasteiger partial charge in [-0.1, -0.05) is 46.9 Å². The van der Waals surface area contributed by atoms with E-state index in [0.29, 0.717) is 33.0 Å². The van der Waals surface area contributed by atoms with Crippen molar-refractivity contribution in [2.24, 2.45) is 0 Å². The molecule has 0 bridgehead atoms. The fourth-order valence-electron chi connectivity index (χ4n) is 2.59. The van der Waals surface area contributed by atoms with Gasteiger partial charge in [0.1, 0.15) is 12.7 Å². The third-order valence-electron chi connectivity index (χ3n) is 3.78. The zero-order chi connectivity index (χ0) is 19.4. The van der Waals surface area contributed by atoms with Crippen molar-refractivity contribution in [1.82, 2.24) is 19.7 Å². The second-order valence-corrected chi connectivity index (χ2v) is 7.16. The van der Waals surface area contributed by atoms with Crippen LogP contribution >= 0.6 is 34.8 Å². The second-order valence-electron chi connectivity index (χ2n) is 5.93. The van der Waals surface area contributed by atoms with Crippen molar-refractivity contribution in [3.8, 4) is 5.69 Å². The highest BCUT2D eigenvalue weighted by molar-refractivity contribution is 6.42. The van der Waals surface area contributed by atoms with Gasteiger partial charge in [0.05, 0.1) is 28.0 Å². The molecule has 0 unspecified atom stereocenters. The highest BCUT2D eigenvalue weighted by atomic mass is 35.5. The number of aromatic nitrogens is 3. The quantitative estimate of drug-likeness (QED) is 0.641. The second kappa shape index (κ2) is 8.71. The molecule has 9 heteroatoms. The van der Waals surface area contributed by atoms with E-state index in [-0.39, 0.29) is 12.5 Å². The summed E-state index contributed by atoms with van der Waals surface area (Å²) in [7, 11) is 1.83. The van der Waals surface area contributed by atoms with Crippen molar-refractivity contribution < 1.29 is 4.79 Å². The number of nitrogens with zero attached hydrogens (tertiary/aromatic N) is 4. The van der Waals surface area contributed by atoms with Gasteiger partial charge in [0, 0.05) is 11.6 Å². The van der Waals surface area contributed by atoms with Crippen LogP contribution in [0.5, 0.6) is 0 Å². The number of carbonyl (C=O) groups is 1. The number of anilines is 1. The fraction of sp³-hybridized carbons (Fsp3) is 0.167. The van der Waals surface area contributed by atoms with Gasteiger partial charge in [-0.2, -0.15) is 5.10 Å². The largest absolute Gasteiger partial charge is 0.323 e. The standard InChI is InChI=1S/C18H16Cl3N5O/c1-25(8-12-3-2-4-14(20)18(12)21)9-17(27)24-15-7-13(19)5-6-16(15)26-11-22-10-23-26/h2-7,10-11H,8-9H2,1H3,(H,24,27). The molecule has 0 aliphatic heterocycles. The molecule has 0 radical (unpaired) electrons. The van der Waals surface area contributed by atoms with Crippen molar-refractivity contribution in [3.63, 3.8) is 0 Å². The number of carbonyl (C=O) groups excluding carboxylic acids is 1. The van der Waals surface area contributed by atoms with Crippen LogP contribution in [0.2, 0.25) is 15.1 Å². The van der Waals surface area contributed by atoms with E-state index in [0.717, 1.165) is 5.56 Å². The Balaban J connectivity index is 1.69. The topological polar surface area (TPSA) is 63.1 Å². The Morgan fingerprint density at radius 2 is 2.04 bits per heavy atom. The molecule has 1 aromatic heterocycles. The van der Waals surface area contributed by atoms with E-state index in [2.05, 4.69) is 15.4 Å². The van der Waals surface area contributed by atoms with Gasteiger partial charge < -0.3 is 5.32 Å². The van der Waals surface area contributed by atoms with Gasteiger partial charge in [0.2, 0.25) is 5.91 Å². The zero-order valence-electron chi connectivity index (χ0n) is 14.4. The lowest BCUT2D eigenvalue weighted by Gasteiger charge is -2.18. The lowest BCUT2D eigenvalue weighted by atomic mass is 10.2. The molecule has 0 aliphatic carbocycles. The molecular weight excluding hydrogens is 409 g/mol. The zero-order valence-corrected chi connectivity index (χ0v) is 16.6. The Kier molecular flexibility index (Phi) is 6.34. The average Bonchev–Trinajstić information content (AvgIpc) is 3.13. The Labute approximate surface area is 171 Å². The average molecular weight is 425 g/mol. The van der Waals surface area contributed by atoms with Crippen LogP contribution in [-0.4, -0.2) is 39.2 Å². The first-order valence-electron chi connectivity index (χ1n) is 8.00. The molecule has 27 heavy (non-hydrogen) atoms. The first-order chi connectivity index (χ1) is 12.9. The Morgan fingerprint density at radius 3 is 2.78 bits per heavy atom. The highest BCUT2D eigenvalue weighted by Gasteiger charge is 2.13. The molecule has 140 valence electrons. The van der Waals surface area contributed by atoms with Gasteiger partial charge >= 0.3 is 0 Å². The monoisotopic (exact) mass is 423 g/mol. The van der Waals surface area contributed by atoms with E-state index in [1.54, 1.807) is 35.3 Å². The van der Waals surface area contributed by atoms with Crippen LogP contribution in [0.25, 0.3) is 5.69 Å². The Hall–Kier alpha value is -2.12. The summed E-state index contributed by atoms with van der Waals surface area (Å²) in [6.45, 7) is 0.643. The van der Waals surface area contributed by atoms with Gasteiger partial charge in [-0.05, 0) is 36.9 Å². The molecule has 0 fully saturated rings. The van der Waals surface area contributed by atoms with Crippen LogP contribution in [0, 0.1) is 0 Å². The summed E-state index contributed by atoms with van der Waals surface area (Å²) in [4.78, 5) is 18.3. The van der Waals surface area contributed by atoms with E-state index in [4.69, 9.17) is 34.8 Å². The smallest absolute Gasteiger partial charge is 0.238 e. The van der Waals surface area contributed by atoms with Crippen LogP contribution in [0.4, 0.5) is 5.69 Å². The first kappa shape index (κ1) is 19.6. The van der Waals surface area contributed by atoms with E-state index >= 15 is 0 Å². The molecule has 0 spiro atoms. The number of nitrogens with one attached hydrogen (secondary N) is 1. The van der Waals surface area contributed by atoms with Crippen molar-refractivity contribution in [2.45, 2.75) is 6.54 Å². The maximum Gasteiger partial charge on any atom is 0.238 e. The Bertz CT molecular complexity index is 946. The third kappa shape index (κ3) is 4.99. The number of likely N-dealkylation sites (N-methyl/N-ethyl adjacent to an activating group) is 1. The molecular formula is C18H16Cl3N5O. The maximum absolute atomic E-state index is 12.5. The molecule has 6 nitrogen and oxygen atoms in total. The van der Waals surface area contributed by atoms with Crippen LogP contribution in [0.1, 0.15) is 5.56 Å². The minimum Gasteiger partial charge on any atom is -0.323 e. The summed E-state index contributed by atoms with van der Waals surface area (Å²) in [5.74, 6) is -0.195. The third-order valence-corrected chi connectivity index (χ3v) is 4.88. The number of benzene rings is 2.